The van der Waals surface area contributed by atoms with Crippen molar-refractivity contribution in [3.63, 3.8) is 0 Å². The van der Waals surface area contributed by atoms with Crippen molar-refractivity contribution in [2.75, 3.05) is 37.8 Å². The Labute approximate surface area is 590 Å². The number of nitrogens with zero attached hydrogens (tertiary/aromatic N) is 11. The number of halogens is 5. The van der Waals surface area contributed by atoms with E-state index >= 15 is 0 Å². The summed E-state index contributed by atoms with van der Waals surface area (Å²) in [6.07, 6.45) is 1.43. The van der Waals surface area contributed by atoms with Gasteiger partial charge in [0.25, 0.3) is 0 Å². The molecule has 15 N–H and O–H groups in total. The second kappa shape index (κ2) is 39.3. The number of nitrogens with two attached hydrogens (primary N) is 1. The lowest BCUT2D eigenvalue weighted by molar-refractivity contribution is 0.582. The second-order valence-electron chi connectivity index (χ2n) is 23.3. The predicted octanol–water partition coefficient (Wildman–Crippen LogP) is 9.70. The standard InChI is InChI=1S/C15H22ClN5.C14H20ClN5.C13H18ClN5.2C12H16ClN5/c1-10(2)18-15-20-11(3)19-14(21-15)17-8-7-12-5-4-6-13(16)9-12;1-9(2)17-14-19-10(3)18-13(20-14)16-8-11-4-6-12(15)7-5-11;1-8(2)15-12-16-9(3)17-13(19-12)18-11-6-4-5-10(14)7-11;1-8-14-11(17-12(15-8)18(2)3)16-10-6-4-5-9(13)7-10;1-8-16-11(14)18-12(17-8)15-6-5-9-3-2-4-10(13)7-9/h4-6,9-11H,7-8H2,1-3H3,(H3,17,18,19,20,21);4-7,9-10H,8H2,1-3H3,(H3,16,17,18,19,20);4-9H,1-3H3,(H3,15,16,17,18,19);4-8H,1-3H3,(H2,14,15,16,17);2-4,7-8H,5-6H2,1H3,(H4,14,15,16,17,18). The fraction of sp³-hybridized carbons (Fsp3) is 0.394. The number of anilines is 2. The fourth-order valence-electron chi connectivity index (χ4n) is 8.77. The molecule has 0 saturated carbocycles. The first-order valence-electron chi connectivity index (χ1n) is 31.6. The average molecular weight is 1410 g/mol. The molecule has 5 aromatic carbocycles. The molecule has 96 heavy (non-hydrogen) atoms. The normalized spacial score (nSPS) is 19.7. The molecule has 5 heterocycles. The van der Waals surface area contributed by atoms with Crippen LogP contribution in [0.15, 0.2) is 171 Å². The zero-order chi connectivity index (χ0) is 69.7. The van der Waals surface area contributed by atoms with Gasteiger partial charge < -0.3 is 53.2 Å². The summed E-state index contributed by atoms with van der Waals surface area (Å²) in [6.45, 7) is 24.1. The van der Waals surface area contributed by atoms with Crippen LogP contribution >= 0.6 is 58.0 Å². The summed E-state index contributed by atoms with van der Waals surface area (Å²) < 4.78 is 0. The van der Waals surface area contributed by atoms with E-state index < -0.39 is 0 Å². The highest BCUT2D eigenvalue weighted by Gasteiger charge is 2.19. The van der Waals surface area contributed by atoms with E-state index in [-0.39, 0.29) is 30.8 Å². The molecular weight excluding hydrogens is 1320 g/mol. The molecule has 0 bridgehead atoms. The Kier molecular flexibility index (Phi) is 31.2. The van der Waals surface area contributed by atoms with Crippen molar-refractivity contribution < 1.29 is 0 Å². The average Bonchev–Trinajstić information content (AvgIpc) is 1.06. The van der Waals surface area contributed by atoms with Gasteiger partial charge in [0.1, 0.15) is 30.8 Å². The molecule has 0 spiro atoms. The Morgan fingerprint density at radius 2 is 0.823 bits per heavy atom. The van der Waals surface area contributed by atoms with Crippen LogP contribution in [0.1, 0.15) is 92.9 Å². The van der Waals surface area contributed by atoms with E-state index in [0.29, 0.717) is 71.6 Å². The molecule has 516 valence electrons. The highest BCUT2D eigenvalue weighted by atomic mass is 35.5. The van der Waals surface area contributed by atoms with Gasteiger partial charge in [-0.05, 0) is 178 Å². The van der Waals surface area contributed by atoms with Gasteiger partial charge in [-0.2, -0.15) is 0 Å². The lowest BCUT2D eigenvalue weighted by Gasteiger charge is -2.25. The molecule has 30 heteroatoms. The zero-order valence-corrected chi connectivity index (χ0v) is 60.4. The van der Waals surface area contributed by atoms with Gasteiger partial charge in [0.2, 0.25) is 17.9 Å². The molecule has 0 saturated heterocycles. The fourth-order valence-corrected chi connectivity index (χ4v) is 9.71. The monoisotopic (exact) mass is 1410 g/mol. The minimum Gasteiger partial charge on any atom is -0.370 e. The first-order chi connectivity index (χ1) is 45.7. The first-order valence-corrected chi connectivity index (χ1v) is 33.5. The molecule has 0 fully saturated rings. The van der Waals surface area contributed by atoms with Crippen LogP contribution in [-0.4, -0.2) is 141 Å². The summed E-state index contributed by atoms with van der Waals surface area (Å²) >= 11 is 29.6. The molecule has 0 aromatic heterocycles. The molecule has 5 aliphatic heterocycles. The number of hydrogen-bond acceptors (Lipinski definition) is 19. The number of rotatable bonds is 13. The van der Waals surface area contributed by atoms with Gasteiger partial charge in [-0.1, -0.05) is 107 Å². The van der Waals surface area contributed by atoms with Crippen molar-refractivity contribution in [3.8, 4) is 0 Å². The minimum atomic E-state index is -0.121. The quantitative estimate of drug-likeness (QED) is 0.0522. The van der Waals surface area contributed by atoms with Gasteiger partial charge >= 0.3 is 0 Å². The summed E-state index contributed by atoms with van der Waals surface area (Å²) in [7, 11) is 3.86. The van der Waals surface area contributed by atoms with Gasteiger partial charge in [-0.25, -0.2) is 39.9 Å². The number of benzene rings is 5. The highest BCUT2D eigenvalue weighted by molar-refractivity contribution is 6.32. The smallest absolute Gasteiger partial charge is 0.204 e. The largest absolute Gasteiger partial charge is 0.370 e. The SMILES string of the molecule is CC(C)NC1=NC(C)NC(=NCCc2cccc(Cl)c2)N1.CC(C)NC1=NC(C)NC(=NCc2ccc(Cl)cc2)N1.CC1N=C(N)NC(=NCCc2cccc(Cl)c2)N1.CC1N=C(Nc2cccc(Cl)c2)NC(N(C)C)=N1.CC1N=C(Nc2cccc(Cl)c2)NC(NC(C)C)=N1. The van der Waals surface area contributed by atoms with Gasteiger partial charge in [0.05, 0.1) is 6.54 Å². The second-order valence-corrected chi connectivity index (χ2v) is 25.5. The maximum absolute atomic E-state index is 5.97. The van der Waals surface area contributed by atoms with E-state index in [9.17, 15) is 0 Å². The number of hydrogen-bond donors (Lipinski definition) is 14. The first kappa shape index (κ1) is 76.3. The van der Waals surface area contributed by atoms with Crippen molar-refractivity contribution in [1.82, 2.24) is 63.4 Å². The molecule has 0 radical (unpaired) electrons. The molecule has 0 aliphatic carbocycles. The third-order valence-electron chi connectivity index (χ3n) is 12.8. The number of nitrogens with one attached hydrogen (secondary N) is 13. The van der Waals surface area contributed by atoms with Crippen LogP contribution in [0.4, 0.5) is 11.4 Å². The molecule has 5 aliphatic rings. The number of guanidine groups is 10. The summed E-state index contributed by atoms with van der Waals surface area (Å²) in [5.74, 6) is 6.88. The minimum absolute atomic E-state index is 0.00136. The van der Waals surface area contributed by atoms with Gasteiger partial charge in [-0.3, -0.25) is 36.6 Å². The molecule has 5 atom stereocenters. The van der Waals surface area contributed by atoms with Gasteiger partial charge in [0.15, 0.2) is 41.7 Å². The van der Waals surface area contributed by atoms with Crippen molar-refractivity contribution in [3.05, 3.63) is 163 Å². The molecule has 5 aromatic rings. The van der Waals surface area contributed by atoms with Gasteiger partial charge in [0, 0.05) is 81.8 Å². The third kappa shape index (κ3) is 29.9. The highest BCUT2D eigenvalue weighted by Crippen LogP contribution is 2.18. The molecule has 25 nitrogen and oxygen atoms in total. The van der Waals surface area contributed by atoms with E-state index in [0.717, 1.165) is 86.2 Å². The van der Waals surface area contributed by atoms with Crippen LogP contribution in [-0.2, 0) is 19.4 Å². The molecule has 0 amide bonds. The summed E-state index contributed by atoms with van der Waals surface area (Å²) in [5, 5.41) is 44.6. The van der Waals surface area contributed by atoms with E-state index in [1.807, 2.05) is 169 Å². The van der Waals surface area contributed by atoms with Gasteiger partial charge in [-0.15, -0.1) is 0 Å². The Morgan fingerprint density at radius 1 is 0.427 bits per heavy atom. The Bertz CT molecular complexity index is 3620. The van der Waals surface area contributed by atoms with E-state index in [4.69, 9.17) is 63.7 Å². The zero-order valence-electron chi connectivity index (χ0n) is 56.6. The van der Waals surface area contributed by atoms with Crippen LogP contribution in [0.5, 0.6) is 0 Å². The summed E-state index contributed by atoms with van der Waals surface area (Å²) in [5.41, 5.74) is 10.9. The van der Waals surface area contributed by atoms with Crippen molar-refractivity contribution in [1.29, 1.82) is 0 Å². The lowest BCUT2D eigenvalue weighted by Crippen LogP contribution is -2.55. The third-order valence-corrected chi connectivity index (χ3v) is 14.0. The van der Waals surface area contributed by atoms with Crippen molar-refractivity contribution in [2.24, 2.45) is 55.7 Å². The topological polar surface area (TPSA) is 309 Å². The predicted molar refractivity (Wildman–Crippen MR) is 405 cm³/mol. The lowest BCUT2D eigenvalue weighted by atomic mass is 10.1. The maximum atomic E-state index is 5.97. The summed E-state index contributed by atoms with van der Waals surface area (Å²) in [6, 6.07) is 39.3. The van der Waals surface area contributed by atoms with Crippen LogP contribution < -0.4 is 74.9 Å². The number of aliphatic imine (C=N–C) groups is 10. The Balaban J connectivity index is 0.000000190. The van der Waals surface area contributed by atoms with E-state index in [2.05, 4.69) is 167 Å². The molecule has 10 rings (SSSR count). The molecule has 5 unspecified atom stereocenters. The van der Waals surface area contributed by atoms with Crippen LogP contribution in [0, 0.1) is 0 Å². The van der Waals surface area contributed by atoms with E-state index in [1.165, 1.54) is 5.56 Å². The van der Waals surface area contributed by atoms with E-state index in [1.54, 1.807) is 0 Å². The Hall–Kier alpha value is -8.75. The molecular formula is C66H92Cl5N25. The van der Waals surface area contributed by atoms with Crippen LogP contribution in [0.3, 0.4) is 0 Å². The van der Waals surface area contributed by atoms with Crippen LogP contribution in [0.25, 0.3) is 0 Å². The summed E-state index contributed by atoms with van der Waals surface area (Å²) in [4.78, 5) is 45.8. The van der Waals surface area contributed by atoms with Crippen LogP contribution in [0.2, 0.25) is 25.1 Å². The Morgan fingerprint density at radius 3 is 1.26 bits per heavy atom. The van der Waals surface area contributed by atoms with Crippen molar-refractivity contribution in [2.45, 2.75) is 145 Å². The van der Waals surface area contributed by atoms with Crippen molar-refractivity contribution >= 4 is 129 Å². The maximum Gasteiger partial charge on any atom is 0.204 e.